The van der Waals surface area contributed by atoms with Crippen molar-refractivity contribution >= 4 is 40.6 Å². The summed E-state index contributed by atoms with van der Waals surface area (Å²) in [6.07, 6.45) is 0. The summed E-state index contributed by atoms with van der Waals surface area (Å²) in [5.41, 5.74) is -0.251. The molecule has 0 spiro atoms. The van der Waals surface area contributed by atoms with Crippen LogP contribution in [0.4, 0.5) is 8.78 Å². The van der Waals surface area contributed by atoms with Crippen molar-refractivity contribution in [1.29, 1.82) is 0 Å². The average Bonchev–Trinajstić information content (AvgIpc) is 2.12. The van der Waals surface area contributed by atoms with Crippen LogP contribution in [0.2, 0.25) is 5.02 Å². The van der Waals surface area contributed by atoms with Crippen LogP contribution in [0.3, 0.4) is 0 Å². The summed E-state index contributed by atoms with van der Waals surface area (Å²) in [6, 6.07) is 1.57. The molecule has 0 bridgehead atoms. The summed E-state index contributed by atoms with van der Waals surface area (Å²) >= 11 is 15.7. The third-order valence-electron chi connectivity index (χ3n) is 1.47. The van der Waals surface area contributed by atoms with E-state index in [1.165, 1.54) is 0 Å². The molecule has 0 unspecified atom stereocenters. The van der Waals surface area contributed by atoms with Gasteiger partial charge in [-0.15, -0.1) is 0 Å². The van der Waals surface area contributed by atoms with Gasteiger partial charge in [-0.1, -0.05) is 34.8 Å². The van der Waals surface area contributed by atoms with Crippen LogP contribution in [0.25, 0.3) is 0 Å². The third kappa shape index (κ3) is 2.35. The number of rotatable bonds is 2. The minimum absolute atomic E-state index is 0.251. The summed E-state index contributed by atoms with van der Waals surface area (Å²) in [5, 5.41) is -0.665. The third-order valence-corrected chi connectivity index (χ3v) is 2.22. The van der Waals surface area contributed by atoms with Crippen LogP contribution in [0.1, 0.15) is 10.4 Å². The van der Waals surface area contributed by atoms with Crippen LogP contribution in [-0.2, 0) is 0 Å². The molecule has 0 aliphatic carbocycles. The zero-order chi connectivity index (χ0) is 10.9. The highest BCUT2D eigenvalue weighted by atomic mass is 35.5. The number of carbonyl (C=O) groups is 1. The van der Waals surface area contributed by atoms with Crippen LogP contribution >= 0.6 is 34.8 Å². The van der Waals surface area contributed by atoms with Crippen molar-refractivity contribution in [3.05, 3.63) is 34.4 Å². The van der Waals surface area contributed by atoms with E-state index in [-0.39, 0.29) is 5.56 Å². The summed E-state index contributed by atoms with van der Waals surface area (Å²) in [5.74, 6) is -2.82. The lowest BCUT2D eigenvalue weighted by molar-refractivity contribution is 0.101. The lowest BCUT2D eigenvalue weighted by Gasteiger charge is -2.03. The Morgan fingerprint density at radius 3 is 2.00 bits per heavy atom. The monoisotopic (exact) mass is 258 g/mol. The van der Waals surface area contributed by atoms with Gasteiger partial charge in [0.15, 0.2) is 10.6 Å². The van der Waals surface area contributed by atoms with E-state index in [0.29, 0.717) is 0 Å². The second-order valence-electron chi connectivity index (χ2n) is 2.42. The highest BCUT2D eigenvalue weighted by molar-refractivity contribution is 6.55. The molecule has 14 heavy (non-hydrogen) atoms. The molecule has 1 aromatic rings. The minimum atomic E-state index is -1.35. The average molecular weight is 259 g/mol. The Balaban J connectivity index is 3.19. The predicted octanol–water partition coefficient (Wildman–Crippen LogP) is 3.60. The van der Waals surface area contributed by atoms with Gasteiger partial charge in [-0.2, -0.15) is 0 Å². The van der Waals surface area contributed by atoms with Gasteiger partial charge in [-0.25, -0.2) is 8.78 Å². The highest BCUT2D eigenvalue weighted by Crippen LogP contribution is 2.22. The second kappa shape index (κ2) is 4.43. The van der Waals surface area contributed by atoms with E-state index in [9.17, 15) is 13.6 Å². The van der Waals surface area contributed by atoms with E-state index < -0.39 is 27.3 Å². The van der Waals surface area contributed by atoms with Gasteiger partial charge in [-0.3, -0.25) is 4.79 Å². The Bertz CT molecular complexity index is 356. The van der Waals surface area contributed by atoms with Crippen molar-refractivity contribution in [2.45, 2.75) is 4.84 Å². The van der Waals surface area contributed by atoms with E-state index in [2.05, 4.69) is 0 Å². The number of Topliss-reactive ketones (excluding diaryl/α,β-unsaturated/α-hetero) is 1. The van der Waals surface area contributed by atoms with Crippen molar-refractivity contribution in [3.8, 4) is 0 Å². The zero-order valence-electron chi connectivity index (χ0n) is 6.53. The number of benzene rings is 1. The van der Waals surface area contributed by atoms with Crippen molar-refractivity contribution in [2.75, 3.05) is 0 Å². The molecule has 0 N–H and O–H groups in total. The molecule has 0 atom stereocenters. The van der Waals surface area contributed by atoms with Crippen LogP contribution in [0.5, 0.6) is 0 Å². The van der Waals surface area contributed by atoms with E-state index in [1.54, 1.807) is 0 Å². The molecule has 76 valence electrons. The fourth-order valence-corrected chi connectivity index (χ4v) is 1.18. The van der Waals surface area contributed by atoms with Gasteiger partial charge < -0.3 is 0 Å². The molecule has 1 aromatic carbocycles. The molecule has 6 heteroatoms. The van der Waals surface area contributed by atoms with E-state index in [1.807, 2.05) is 0 Å². The van der Waals surface area contributed by atoms with Gasteiger partial charge >= 0.3 is 0 Å². The van der Waals surface area contributed by atoms with Crippen molar-refractivity contribution in [1.82, 2.24) is 0 Å². The normalized spacial score (nSPS) is 10.7. The maximum Gasteiger partial charge on any atom is 0.195 e. The standard InChI is InChI=1S/C8H3Cl3F2O/c9-6-4(12)1-3(2-5(6)13)7(14)8(10)11/h1-2,8H. The van der Waals surface area contributed by atoms with Gasteiger partial charge in [0.1, 0.15) is 16.7 Å². The van der Waals surface area contributed by atoms with Gasteiger partial charge in [0.2, 0.25) is 0 Å². The van der Waals surface area contributed by atoms with Crippen molar-refractivity contribution in [2.24, 2.45) is 0 Å². The largest absolute Gasteiger partial charge is 0.291 e. The SMILES string of the molecule is O=C(c1cc(F)c(Cl)c(F)c1)C(Cl)Cl. The fraction of sp³-hybridized carbons (Fsp3) is 0.125. The Kier molecular flexibility index (Phi) is 3.70. The zero-order valence-corrected chi connectivity index (χ0v) is 8.80. The molecule has 0 radical (unpaired) electrons. The number of ketones is 1. The van der Waals surface area contributed by atoms with Gasteiger partial charge in [0.05, 0.1) is 0 Å². The summed E-state index contributed by atoms with van der Waals surface area (Å²) < 4.78 is 25.7. The minimum Gasteiger partial charge on any atom is -0.291 e. The Morgan fingerprint density at radius 1 is 1.21 bits per heavy atom. The van der Waals surface area contributed by atoms with E-state index in [0.717, 1.165) is 12.1 Å². The maximum absolute atomic E-state index is 12.9. The summed E-state index contributed by atoms with van der Waals surface area (Å²) in [4.78, 5) is 9.77. The van der Waals surface area contributed by atoms with E-state index >= 15 is 0 Å². The quantitative estimate of drug-likeness (QED) is 0.450. The second-order valence-corrected chi connectivity index (χ2v) is 3.89. The molecule has 0 aromatic heterocycles. The molecule has 0 amide bonds. The number of hydrogen-bond donors (Lipinski definition) is 0. The number of halogens is 5. The molecule has 1 nitrogen and oxygen atoms in total. The van der Waals surface area contributed by atoms with Gasteiger partial charge in [0.25, 0.3) is 0 Å². The molecule has 0 saturated carbocycles. The Morgan fingerprint density at radius 2 is 1.64 bits per heavy atom. The highest BCUT2D eigenvalue weighted by Gasteiger charge is 2.18. The molecule has 0 aliphatic heterocycles. The topological polar surface area (TPSA) is 17.1 Å². The summed E-state index contributed by atoms with van der Waals surface area (Å²) in [6.45, 7) is 0. The lowest BCUT2D eigenvalue weighted by atomic mass is 10.1. The first-order valence-corrected chi connectivity index (χ1v) is 4.65. The van der Waals surface area contributed by atoms with Crippen LogP contribution in [-0.4, -0.2) is 10.6 Å². The first kappa shape index (κ1) is 11.7. The van der Waals surface area contributed by atoms with Crippen LogP contribution in [0, 0.1) is 11.6 Å². The maximum atomic E-state index is 12.9. The molecule has 1 rings (SSSR count). The Hall–Kier alpha value is -0.380. The number of hydrogen-bond acceptors (Lipinski definition) is 1. The summed E-state index contributed by atoms with van der Waals surface area (Å²) in [7, 11) is 0. The predicted molar refractivity (Wildman–Crippen MR) is 51.2 cm³/mol. The molecular formula is C8H3Cl3F2O. The van der Waals surface area contributed by atoms with Crippen LogP contribution in [0.15, 0.2) is 12.1 Å². The first-order chi connectivity index (χ1) is 6.43. The van der Waals surface area contributed by atoms with Crippen molar-refractivity contribution in [3.63, 3.8) is 0 Å². The lowest BCUT2D eigenvalue weighted by Crippen LogP contribution is -2.09. The molecular weight excluding hydrogens is 256 g/mol. The molecule has 0 heterocycles. The molecule has 0 saturated heterocycles. The smallest absolute Gasteiger partial charge is 0.195 e. The molecule has 0 fully saturated rings. The first-order valence-electron chi connectivity index (χ1n) is 3.40. The van der Waals surface area contributed by atoms with Gasteiger partial charge in [-0.05, 0) is 12.1 Å². The van der Waals surface area contributed by atoms with Gasteiger partial charge in [0, 0.05) is 5.56 Å². The van der Waals surface area contributed by atoms with E-state index in [4.69, 9.17) is 34.8 Å². The van der Waals surface area contributed by atoms with Crippen LogP contribution < -0.4 is 0 Å². The number of alkyl halides is 2. The molecule has 0 aliphatic rings. The van der Waals surface area contributed by atoms with Crippen molar-refractivity contribution < 1.29 is 13.6 Å². The Labute approximate surface area is 93.6 Å². The number of carbonyl (C=O) groups excluding carboxylic acids is 1. The fourth-order valence-electron chi connectivity index (χ4n) is 0.824.